The lowest BCUT2D eigenvalue weighted by atomic mass is 10.0. The van der Waals surface area contributed by atoms with Crippen LogP contribution >= 0.6 is 0 Å². The first-order valence-corrected chi connectivity index (χ1v) is 9.42. The van der Waals surface area contributed by atoms with Gasteiger partial charge in [-0.25, -0.2) is 0 Å². The Morgan fingerprint density at radius 2 is 1.93 bits per heavy atom. The van der Waals surface area contributed by atoms with E-state index < -0.39 is 23.8 Å². The zero-order valence-electron chi connectivity index (χ0n) is 15.3. The van der Waals surface area contributed by atoms with Gasteiger partial charge in [0.2, 0.25) is 11.8 Å². The highest BCUT2D eigenvalue weighted by molar-refractivity contribution is 6.23. The number of amides is 4. The van der Waals surface area contributed by atoms with Crippen molar-refractivity contribution in [3.8, 4) is 0 Å². The summed E-state index contributed by atoms with van der Waals surface area (Å²) in [6.45, 7) is 2.45. The summed E-state index contributed by atoms with van der Waals surface area (Å²) in [6.07, 6.45) is 1.03. The molecule has 3 heterocycles. The maximum Gasteiger partial charge on any atom is 0.262 e. The summed E-state index contributed by atoms with van der Waals surface area (Å²) >= 11 is 0. The molecule has 2 fully saturated rings. The van der Waals surface area contributed by atoms with Crippen LogP contribution < -0.4 is 16.0 Å². The second-order valence-electron chi connectivity index (χ2n) is 7.19. The van der Waals surface area contributed by atoms with E-state index in [-0.39, 0.29) is 36.0 Å². The van der Waals surface area contributed by atoms with E-state index in [1.54, 1.807) is 12.1 Å². The molecule has 2 saturated heterocycles. The third kappa shape index (κ3) is 3.16. The number of imide groups is 2. The van der Waals surface area contributed by atoms with Crippen molar-refractivity contribution in [2.75, 3.05) is 31.1 Å². The molecule has 148 valence electrons. The van der Waals surface area contributed by atoms with Gasteiger partial charge < -0.3 is 15.4 Å². The third-order valence-electron chi connectivity index (χ3n) is 5.42. The Hall–Kier alpha value is -2.78. The number of fused-ring (bicyclic) bond motifs is 1. The van der Waals surface area contributed by atoms with Crippen molar-refractivity contribution in [1.82, 2.24) is 10.2 Å². The number of carbonyl (C=O) groups excluding carboxylic acids is 4. The van der Waals surface area contributed by atoms with E-state index in [9.17, 15) is 19.2 Å². The van der Waals surface area contributed by atoms with Gasteiger partial charge in [0.05, 0.1) is 23.8 Å². The predicted octanol–water partition coefficient (Wildman–Crippen LogP) is -0.358. The van der Waals surface area contributed by atoms with Gasteiger partial charge in [0.15, 0.2) is 0 Å². The van der Waals surface area contributed by atoms with Crippen molar-refractivity contribution >= 4 is 29.3 Å². The molecule has 0 bridgehead atoms. The SMILES string of the molecule is NCCC1CN(c2ccc3c(c2)C(=O)N(C2CCC(=O)NC2=O)C3=O)CCO1. The van der Waals surface area contributed by atoms with Crippen molar-refractivity contribution in [3.63, 3.8) is 0 Å². The van der Waals surface area contributed by atoms with Crippen LogP contribution in [0.1, 0.15) is 40.0 Å². The smallest absolute Gasteiger partial charge is 0.262 e. The highest BCUT2D eigenvalue weighted by Crippen LogP contribution is 2.31. The number of nitrogens with one attached hydrogen (secondary N) is 1. The number of benzene rings is 1. The minimum absolute atomic E-state index is 0.0318. The Morgan fingerprint density at radius 1 is 1.14 bits per heavy atom. The van der Waals surface area contributed by atoms with Crippen LogP contribution in [0.3, 0.4) is 0 Å². The molecule has 1 aromatic rings. The summed E-state index contributed by atoms with van der Waals surface area (Å²) in [7, 11) is 0. The first-order valence-electron chi connectivity index (χ1n) is 9.42. The lowest BCUT2D eigenvalue weighted by Crippen LogP contribution is -2.54. The number of carbonyl (C=O) groups is 4. The average Bonchev–Trinajstić information content (AvgIpc) is 2.93. The number of nitrogens with zero attached hydrogens (tertiary/aromatic N) is 2. The van der Waals surface area contributed by atoms with Crippen LogP contribution in [0.4, 0.5) is 5.69 Å². The first kappa shape index (κ1) is 18.6. The maximum absolute atomic E-state index is 12.9. The van der Waals surface area contributed by atoms with Crippen LogP contribution in [0.2, 0.25) is 0 Å². The van der Waals surface area contributed by atoms with Crippen LogP contribution in [0.15, 0.2) is 18.2 Å². The molecule has 28 heavy (non-hydrogen) atoms. The topological polar surface area (TPSA) is 122 Å². The van der Waals surface area contributed by atoms with Crippen LogP contribution in [0, 0.1) is 0 Å². The van der Waals surface area contributed by atoms with Gasteiger partial charge in [0.25, 0.3) is 11.8 Å². The molecule has 1 aromatic carbocycles. The molecule has 0 aliphatic carbocycles. The molecule has 3 aliphatic rings. The maximum atomic E-state index is 12.9. The first-order chi connectivity index (χ1) is 13.5. The van der Waals surface area contributed by atoms with Crippen LogP contribution in [0.5, 0.6) is 0 Å². The fourth-order valence-corrected chi connectivity index (χ4v) is 3.97. The van der Waals surface area contributed by atoms with Gasteiger partial charge in [-0.2, -0.15) is 0 Å². The van der Waals surface area contributed by atoms with E-state index in [2.05, 4.69) is 10.2 Å². The largest absolute Gasteiger partial charge is 0.374 e. The Bertz CT molecular complexity index is 853. The molecule has 9 heteroatoms. The molecule has 3 aliphatic heterocycles. The molecule has 2 atom stereocenters. The van der Waals surface area contributed by atoms with E-state index in [1.165, 1.54) is 0 Å². The fraction of sp³-hybridized carbons (Fsp3) is 0.474. The molecule has 0 spiro atoms. The number of hydrogen-bond donors (Lipinski definition) is 2. The van der Waals surface area contributed by atoms with E-state index in [0.717, 1.165) is 17.0 Å². The van der Waals surface area contributed by atoms with Gasteiger partial charge in [-0.3, -0.25) is 29.4 Å². The average molecular weight is 386 g/mol. The second-order valence-corrected chi connectivity index (χ2v) is 7.19. The van der Waals surface area contributed by atoms with E-state index in [0.29, 0.717) is 26.2 Å². The molecule has 9 nitrogen and oxygen atoms in total. The van der Waals surface area contributed by atoms with Crippen molar-refractivity contribution in [1.29, 1.82) is 0 Å². The van der Waals surface area contributed by atoms with Crippen LogP contribution in [0.25, 0.3) is 0 Å². The Balaban J connectivity index is 1.57. The number of nitrogens with two attached hydrogens (primary N) is 1. The number of anilines is 1. The fourth-order valence-electron chi connectivity index (χ4n) is 3.97. The molecule has 0 radical (unpaired) electrons. The molecular formula is C19H22N4O5. The van der Waals surface area contributed by atoms with Gasteiger partial charge >= 0.3 is 0 Å². The molecule has 4 rings (SSSR count). The minimum atomic E-state index is -0.953. The van der Waals surface area contributed by atoms with Gasteiger partial charge in [0.1, 0.15) is 6.04 Å². The molecule has 2 unspecified atom stereocenters. The number of piperidine rings is 1. The lowest BCUT2D eigenvalue weighted by Gasteiger charge is -2.34. The molecule has 0 aromatic heterocycles. The Kier molecular flexibility index (Phi) is 4.86. The van der Waals surface area contributed by atoms with Crippen LogP contribution in [-0.2, 0) is 14.3 Å². The van der Waals surface area contributed by atoms with Crippen molar-refractivity contribution in [2.24, 2.45) is 5.73 Å². The Labute approximate surface area is 161 Å². The molecule has 3 N–H and O–H groups in total. The third-order valence-corrected chi connectivity index (χ3v) is 5.42. The summed E-state index contributed by atoms with van der Waals surface area (Å²) in [6, 6.07) is 4.19. The highest BCUT2D eigenvalue weighted by atomic mass is 16.5. The molecule has 0 saturated carbocycles. The summed E-state index contributed by atoms with van der Waals surface area (Å²) < 4.78 is 5.69. The lowest BCUT2D eigenvalue weighted by molar-refractivity contribution is -0.136. The standard InChI is InChI=1S/C19H22N4O5/c20-6-5-12-10-22(7-8-28-12)11-1-2-13-14(9-11)19(27)23(18(13)26)15-3-4-16(24)21-17(15)25/h1-2,9,12,15H,3-8,10,20H2,(H,21,24,25). The monoisotopic (exact) mass is 386 g/mol. The zero-order valence-corrected chi connectivity index (χ0v) is 15.3. The second kappa shape index (κ2) is 7.33. The van der Waals surface area contributed by atoms with Crippen LogP contribution in [-0.4, -0.2) is 66.9 Å². The van der Waals surface area contributed by atoms with E-state index in [4.69, 9.17) is 10.5 Å². The van der Waals surface area contributed by atoms with Gasteiger partial charge in [-0.1, -0.05) is 0 Å². The molecular weight excluding hydrogens is 364 g/mol. The quantitative estimate of drug-likeness (QED) is 0.678. The highest BCUT2D eigenvalue weighted by Gasteiger charge is 2.44. The minimum Gasteiger partial charge on any atom is -0.374 e. The summed E-state index contributed by atoms with van der Waals surface area (Å²) in [5.74, 6) is -1.99. The van der Waals surface area contributed by atoms with Crippen molar-refractivity contribution < 1.29 is 23.9 Å². The van der Waals surface area contributed by atoms with E-state index >= 15 is 0 Å². The van der Waals surface area contributed by atoms with Gasteiger partial charge in [0, 0.05) is 25.2 Å². The summed E-state index contributed by atoms with van der Waals surface area (Å²) in [5.41, 5.74) is 7.01. The summed E-state index contributed by atoms with van der Waals surface area (Å²) in [4.78, 5) is 52.3. The number of morpholine rings is 1. The van der Waals surface area contributed by atoms with Crippen molar-refractivity contribution in [2.45, 2.75) is 31.4 Å². The normalized spacial score (nSPS) is 25.2. The number of rotatable bonds is 4. The van der Waals surface area contributed by atoms with Gasteiger partial charge in [-0.15, -0.1) is 0 Å². The Morgan fingerprint density at radius 3 is 2.68 bits per heavy atom. The van der Waals surface area contributed by atoms with Crippen molar-refractivity contribution in [3.05, 3.63) is 29.3 Å². The number of ether oxygens (including phenoxy) is 1. The summed E-state index contributed by atoms with van der Waals surface area (Å²) in [5, 5.41) is 2.20. The zero-order chi connectivity index (χ0) is 19.8. The van der Waals surface area contributed by atoms with Gasteiger partial charge in [-0.05, 0) is 37.6 Å². The molecule has 4 amide bonds. The predicted molar refractivity (Wildman–Crippen MR) is 98.7 cm³/mol. The number of hydrogen-bond acceptors (Lipinski definition) is 7. The van der Waals surface area contributed by atoms with E-state index in [1.807, 2.05) is 6.07 Å².